The largest absolute Gasteiger partial charge is 0.473 e. The first-order chi connectivity index (χ1) is 10.5. The summed E-state index contributed by atoms with van der Waals surface area (Å²) in [5.74, 6) is 0.739. The maximum atomic E-state index is 9.76. The van der Waals surface area contributed by atoms with E-state index in [1.165, 1.54) is 11.9 Å². The highest BCUT2D eigenvalue weighted by Gasteiger charge is 2.17. The number of aliphatic hydroxyl groups is 1. The molecule has 0 bridgehead atoms. The Bertz CT molecular complexity index is 538. The lowest BCUT2D eigenvalue weighted by molar-refractivity contribution is 0.0218. The van der Waals surface area contributed by atoms with Gasteiger partial charge in [-0.3, -0.25) is 10.00 Å². The van der Waals surface area contributed by atoms with E-state index >= 15 is 0 Å². The zero-order chi connectivity index (χ0) is 15.9. The fourth-order valence-electron chi connectivity index (χ4n) is 2.07. The van der Waals surface area contributed by atoms with Crippen molar-refractivity contribution < 1.29 is 9.84 Å². The summed E-state index contributed by atoms with van der Waals surface area (Å²) >= 11 is 0. The molecule has 0 fully saturated rings. The Hall–Kier alpha value is -1.92. The first kappa shape index (κ1) is 16.5. The number of rotatable bonds is 8. The average Bonchev–Trinajstić information content (AvgIpc) is 2.98. The first-order valence-corrected chi connectivity index (χ1v) is 7.56. The van der Waals surface area contributed by atoms with Gasteiger partial charge in [0.25, 0.3) is 0 Å². The second kappa shape index (κ2) is 7.91. The Balaban J connectivity index is 1.90. The molecule has 2 atom stereocenters. The number of hydrogen-bond donors (Lipinski definition) is 2. The van der Waals surface area contributed by atoms with Crippen LogP contribution in [0.25, 0.3) is 0 Å². The van der Waals surface area contributed by atoms with Crippen LogP contribution in [0.3, 0.4) is 0 Å². The van der Waals surface area contributed by atoms with Crippen LogP contribution in [0.5, 0.6) is 5.75 Å². The van der Waals surface area contributed by atoms with Gasteiger partial charge in [-0.05, 0) is 44.9 Å². The van der Waals surface area contributed by atoms with E-state index in [4.69, 9.17) is 4.74 Å². The van der Waals surface area contributed by atoms with Gasteiger partial charge < -0.3 is 9.84 Å². The van der Waals surface area contributed by atoms with Crippen molar-refractivity contribution in [2.45, 2.75) is 52.1 Å². The minimum atomic E-state index is -0.589. The molecule has 0 spiro atoms. The van der Waals surface area contributed by atoms with Gasteiger partial charge in [0.05, 0.1) is 0 Å². The number of aromatic nitrogens is 3. The Morgan fingerprint density at radius 3 is 2.50 bits per heavy atom. The van der Waals surface area contributed by atoms with Gasteiger partial charge in [0, 0.05) is 12.6 Å². The fraction of sp³-hybridized carbons (Fsp3) is 0.500. The Morgan fingerprint density at radius 2 is 1.95 bits per heavy atom. The molecule has 6 nitrogen and oxygen atoms in total. The van der Waals surface area contributed by atoms with E-state index in [1.54, 1.807) is 17.9 Å². The predicted octanol–water partition coefficient (Wildman–Crippen LogP) is 1.60. The van der Waals surface area contributed by atoms with Crippen LogP contribution < -0.4 is 10.1 Å². The molecule has 0 amide bonds. The highest BCUT2D eigenvalue weighted by molar-refractivity contribution is 5.27. The van der Waals surface area contributed by atoms with Gasteiger partial charge in [-0.1, -0.05) is 12.1 Å². The molecule has 0 radical (unpaired) electrons. The summed E-state index contributed by atoms with van der Waals surface area (Å²) in [7, 11) is 0. The Morgan fingerprint density at radius 1 is 1.23 bits per heavy atom. The molecule has 0 saturated carbocycles. The van der Waals surface area contributed by atoms with Crippen LogP contribution >= 0.6 is 0 Å². The zero-order valence-electron chi connectivity index (χ0n) is 13.3. The van der Waals surface area contributed by atoms with Crippen LogP contribution in [0, 0.1) is 0 Å². The van der Waals surface area contributed by atoms with Crippen molar-refractivity contribution in [2.24, 2.45) is 0 Å². The first-order valence-electron chi connectivity index (χ1n) is 7.56. The van der Waals surface area contributed by atoms with E-state index in [1.807, 2.05) is 38.1 Å². The molecule has 1 aromatic carbocycles. The maximum Gasteiger partial charge on any atom is 0.176 e. The van der Waals surface area contributed by atoms with E-state index < -0.39 is 12.3 Å². The van der Waals surface area contributed by atoms with E-state index in [-0.39, 0.29) is 6.04 Å². The number of hydrogen-bond acceptors (Lipinski definition) is 5. The second-order valence-electron chi connectivity index (χ2n) is 5.65. The quantitative estimate of drug-likeness (QED) is 0.725. The molecule has 2 N–H and O–H groups in total. The number of ether oxygens (including phenoxy) is 1. The van der Waals surface area contributed by atoms with E-state index in [2.05, 4.69) is 15.4 Å². The van der Waals surface area contributed by atoms with Crippen molar-refractivity contribution in [3.05, 3.63) is 42.5 Å². The highest BCUT2D eigenvalue weighted by Crippen LogP contribution is 2.15. The minimum Gasteiger partial charge on any atom is -0.473 e. The third kappa shape index (κ3) is 5.13. The summed E-state index contributed by atoms with van der Waals surface area (Å²) in [6.07, 6.45) is 3.13. The lowest BCUT2D eigenvalue weighted by atomic mass is 10.1. The average molecular weight is 304 g/mol. The highest BCUT2D eigenvalue weighted by atomic mass is 16.5. The van der Waals surface area contributed by atoms with Crippen LogP contribution in [0.15, 0.2) is 36.9 Å². The molecule has 2 rings (SSSR count). The molecular formula is C16H24N4O2. The van der Waals surface area contributed by atoms with Crippen molar-refractivity contribution >= 4 is 0 Å². The predicted molar refractivity (Wildman–Crippen MR) is 84.5 cm³/mol. The lowest BCUT2D eigenvalue weighted by Gasteiger charge is -2.25. The molecule has 6 heteroatoms. The van der Waals surface area contributed by atoms with Crippen LogP contribution in [0.2, 0.25) is 0 Å². The van der Waals surface area contributed by atoms with Crippen molar-refractivity contribution in [3.63, 3.8) is 0 Å². The molecule has 2 aromatic rings. The third-order valence-corrected chi connectivity index (χ3v) is 3.22. The van der Waals surface area contributed by atoms with Gasteiger partial charge >= 0.3 is 0 Å². The van der Waals surface area contributed by atoms with Crippen LogP contribution in [0.4, 0.5) is 0 Å². The summed E-state index contributed by atoms with van der Waals surface area (Å²) in [5.41, 5.74) is 1.20. The molecule has 0 saturated heterocycles. The SMILES string of the molecule is CC(C)NC(Oc1ccc(CCn2cncn2)cc1)C(C)O. The lowest BCUT2D eigenvalue weighted by Crippen LogP contribution is -2.46. The topological polar surface area (TPSA) is 72.2 Å². The molecule has 0 aliphatic rings. The summed E-state index contributed by atoms with van der Waals surface area (Å²) in [6.45, 7) is 6.55. The number of aryl methyl sites for hydroxylation is 2. The monoisotopic (exact) mass is 304 g/mol. The molecule has 1 heterocycles. The number of nitrogens with zero attached hydrogens (tertiary/aromatic N) is 3. The number of aliphatic hydroxyl groups excluding tert-OH is 1. The van der Waals surface area contributed by atoms with Crippen molar-refractivity contribution in [3.8, 4) is 5.75 Å². The minimum absolute atomic E-state index is 0.238. The summed E-state index contributed by atoms with van der Waals surface area (Å²) in [5, 5.41) is 17.0. The standard InChI is InChI=1S/C16H24N4O2/c1-12(2)19-16(13(3)21)22-15-6-4-14(5-7-15)8-9-20-11-17-10-18-20/h4-7,10-13,16,19,21H,8-9H2,1-3H3. The fourth-order valence-corrected chi connectivity index (χ4v) is 2.07. The number of nitrogens with one attached hydrogen (secondary N) is 1. The molecule has 2 unspecified atom stereocenters. The van der Waals surface area contributed by atoms with Gasteiger partial charge in [-0.25, -0.2) is 4.98 Å². The van der Waals surface area contributed by atoms with E-state index in [0.29, 0.717) is 0 Å². The molecule has 0 aliphatic heterocycles. The van der Waals surface area contributed by atoms with Crippen molar-refractivity contribution in [2.75, 3.05) is 0 Å². The number of benzene rings is 1. The van der Waals surface area contributed by atoms with E-state index in [0.717, 1.165) is 18.7 Å². The van der Waals surface area contributed by atoms with Gasteiger partial charge in [-0.2, -0.15) is 5.10 Å². The Kier molecular flexibility index (Phi) is 5.91. The normalized spacial score (nSPS) is 14.0. The molecular weight excluding hydrogens is 280 g/mol. The van der Waals surface area contributed by atoms with Gasteiger partial charge in [-0.15, -0.1) is 0 Å². The summed E-state index contributed by atoms with van der Waals surface area (Å²) < 4.78 is 7.61. The molecule has 22 heavy (non-hydrogen) atoms. The molecule has 120 valence electrons. The second-order valence-corrected chi connectivity index (χ2v) is 5.65. The molecule has 0 aliphatic carbocycles. The van der Waals surface area contributed by atoms with Crippen LogP contribution in [0.1, 0.15) is 26.3 Å². The van der Waals surface area contributed by atoms with Gasteiger partial charge in [0.2, 0.25) is 0 Å². The summed E-state index contributed by atoms with van der Waals surface area (Å²) in [4.78, 5) is 3.92. The third-order valence-electron chi connectivity index (χ3n) is 3.22. The van der Waals surface area contributed by atoms with Gasteiger partial charge in [0.15, 0.2) is 6.23 Å². The van der Waals surface area contributed by atoms with Crippen molar-refractivity contribution in [1.82, 2.24) is 20.1 Å². The smallest absolute Gasteiger partial charge is 0.176 e. The Labute approximate surface area is 131 Å². The molecule has 1 aromatic heterocycles. The maximum absolute atomic E-state index is 9.76. The van der Waals surface area contributed by atoms with E-state index in [9.17, 15) is 5.11 Å². The van der Waals surface area contributed by atoms with Crippen molar-refractivity contribution in [1.29, 1.82) is 0 Å². The zero-order valence-corrected chi connectivity index (χ0v) is 13.3. The van der Waals surface area contributed by atoms with Crippen LogP contribution in [-0.4, -0.2) is 38.2 Å². The van der Waals surface area contributed by atoms with Crippen LogP contribution in [-0.2, 0) is 13.0 Å². The summed E-state index contributed by atoms with van der Waals surface area (Å²) in [6, 6.07) is 8.14. The van der Waals surface area contributed by atoms with Gasteiger partial charge in [0.1, 0.15) is 24.5 Å².